The van der Waals surface area contributed by atoms with Gasteiger partial charge in [0.2, 0.25) is 0 Å². The van der Waals surface area contributed by atoms with Gasteiger partial charge >= 0.3 is 0 Å². The second kappa shape index (κ2) is 7.38. The number of rotatable bonds is 5. The highest BCUT2D eigenvalue weighted by molar-refractivity contribution is 5.94. The molecule has 1 heterocycles. The lowest BCUT2D eigenvalue weighted by Gasteiger charge is -2.13. The second-order valence-electron chi connectivity index (χ2n) is 5.14. The Hall–Kier alpha value is -2.91. The Balaban J connectivity index is 2.18. The molecule has 23 heavy (non-hydrogen) atoms. The average molecular weight is 310 g/mol. The predicted octanol–water partition coefficient (Wildman–Crippen LogP) is 2.47. The van der Waals surface area contributed by atoms with E-state index in [0.29, 0.717) is 23.6 Å². The topological polar surface area (TPSA) is 87.0 Å². The smallest absolute Gasteiger partial charge is 0.269 e. The third-order valence-electron chi connectivity index (χ3n) is 3.25. The zero-order valence-corrected chi connectivity index (χ0v) is 13.3. The van der Waals surface area contributed by atoms with Crippen molar-refractivity contribution in [2.45, 2.75) is 20.5 Å². The van der Waals surface area contributed by atoms with E-state index in [1.54, 1.807) is 25.3 Å². The number of ether oxygens (including phenoxy) is 1. The minimum atomic E-state index is -0.300. The monoisotopic (exact) mass is 310 g/mol. The first-order chi connectivity index (χ1) is 11.0. The maximum absolute atomic E-state index is 12.1. The van der Waals surface area contributed by atoms with Crippen molar-refractivity contribution < 1.29 is 9.53 Å². The Labute approximate surface area is 135 Å². The highest BCUT2D eigenvalue weighted by Gasteiger charge is 2.12. The normalized spacial score (nSPS) is 10.0. The fourth-order valence-corrected chi connectivity index (χ4v) is 2.12. The quantitative estimate of drug-likeness (QED) is 0.828. The van der Waals surface area contributed by atoms with Gasteiger partial charge in [0.1, 0.15) is 11.6 Å². The van der Waals surface area contributed by atoms with Crippen LogP contribution in [-0.2, 0) is 11.3 Å². The van der Waals surface area contributed by atoms with Crippen molar-refractivity contribution in [3.05, 3.63) is 58.3 Å². The van der Waals surface area contributed by atoms with Crippen molar-refractivity contribution in [2.24, 2.45) is 0 Å². The first kappa shape index (κ1) is 16.5. The number of hydrogen-bond donors (Lipinski definition) is 2. The van der Waals surface area contributed by atoms with Gasteiger partial charge in [0.05, 0.1) is 6.61 Å². The van der Waals surface area contributed by atoms with Crippen molar-refractivity contribution in [1.82, 2.24) is 10.4 Å². The largest absolute Gasteiger partial charge is 0.380 e. The van der Waals surface area contributed by atoms with Gasteiger partial charge in [-0.25, -0.2) is 4.98 Å². The Morgan fingerprint density at radius 1 is 1.30 bits per heavy atom. The molecule has 6 nitrogen and oxygen atoms in total. The molecule has 2 aromatic rings. The van der Waals surface area contributed by atoms with Gasteiger partial charge in [0.25, 0.3) is 5.91 Å². The molecule has 0 bridgehead atoms. The minimum absolute atomic E-state index is 0.298. The van der Waals surface area contributed by atoms with Crippen molar-refractivity contribution in [3.63, 3.8) is 0 Å². The first-order valence-corrected chi connectivity index (χ1v) is 7.07. The Bertz CT molecular complexity index is 748. The Kier molecular flexibility index (Phi) is 5.28. The zero-order chi connectivity index (χ0) is 16.8. The number of anilines is 1. The molecular formula is C17H18N4O2. The molecule has 0 unspecified atom stereocenters. The van der Waals surface area contributed by atoms with Crippen molar-refractivity contribution >= 4 is 11.7 Å². The molecule has 0 saturated heterocycles. The maximum atomic E-state index is 12.1. The summed E-state index contributed by atoms with van der Waals surface area (Å²) in [7, 11) is 1.56. The lowest BCUT2D eigenvalue weighted by Crippen LogP contribution is -2.30. The standard InChI is InChI=1S/C17H18N4O2/c1-11-4-6-13(7-5-11)17(22)21-20-16-15(9-18)14(10-23-3)8-12(2)19-16/h4-8H,10H2,1-3H3,(H,19,20)(H,21,22). The van der Waals surface area contributed by atoms with E-state index in [4.69, 9.17) is 4.74 Å². The summed E-state index contributed by atoms with van der Waals surface area (Å²) >= 11 is 0. The number of aryl methyl sites for hydroxylation is 2. The third-order valence-corrected chi connectivity index (χ3v) is 3.25. The molecule has 0 fully saturated rings. The number of carbonyl (C=O) groups is 1. The zero-order valence-electron chi connectivity index (χ0n) is 13.3. The van der Waals surface area contributed by atoms with Crippen LogP contribution in [0.1, 0.15) is 32.7 Å². The fraction of sp³-hybridized carbons (Fsp3) is 0.235. The number of pyridine rings is 1. The van der Waals surface area contributed by atoms with E-state index < -0.39 is 0 Å². The van der Waals surface area contributed by atoms with Crippen LogP contribution in [0.2, 0.25) is 0 Å². The summed E-state index contributed by atoms with van der Waals surface area (Å²) in [4.78, 5) is 16.4. The van der Waals surface area contributed by atoms with Gasteiger partial charge in [0.15, 0.2) is 5.82 Å². The molecule has 0 aliphatic heterocycles. The molecule has 118 valence electrons. The first-order valence-electron chi connectivity index (χ1n) is 7.07. The SMILES string of the molecule is COCc1cc(C)nc(NNC(=O)c2ccc(C)cc2)c1C#N. The van der Waals surface area contributed by atoms with E-state index in [9.17, 15) is 10.1 Å². The van der Waals surface area contributed by atoms with Crippen LogP contribution < -0.4 is 10.9 Å². The second-order valence-corrected chi connectivity index (χ2v) is 5.14. The summed E-state index contributed by atoms with van der Waals surface area (Å²) < 4.78 is 5.09. The number of hydrogen-bond acceptors (Lipinski definition) is 5. The lowest BCUT2D eigenvalue weighted by atomic mass is 10.1. The van der Waals surface area contributed by atoms with E-state index in [1.807, 2.05) is 26.0 Å². The van der Waals surface area contributed by atoms with Crippen LogP contribution in [0.3, 0.4) is 0 Å². The molecular weight excluding hydrogens is 292 g/mol. The van der Waals surface area contributed by atoms with Crippen molar-refractivity contribution in [1.29, 1.82) is 5.26 Å². The van der Waals surface area contributed by atoms with Gasteiger partial charge in [-0.2, -0.15) is 5.26 Å². The van der Waals surface area contributed by atoms with Crippen LogP contribution in [0, 0.1) is 25.2 Å². The van der Waals surface area contributed by atoms with Gasteiger partial charge in [0, 0.05) is 23.9 Å². The number of amides is 1. The van der Waals surface area contributed by atoms with Crippen LogP contribution in [0.4, 0.5) is 5.82 Å². The van der Waals surface area contributed by atoms with Crippen molar-refractivity contribution in [3.8, 4) is 6.07 Å². The number of methoxy groups -OCH3 is 1. The molecule has 0 aliphatic carbocycles. The average Bonchev–Trinajstić information content (AvgIpc) is 2.53. The van der Waals surface area contributed by atoms with Gasteiger partial charge < -0.3 is 4.74 Å². The van der Waals surface area contributed by atoms with E-state index in [-0.39, 0.29) is 5.91 Å². The van der Waals surface area contributed by atoms with Crippen LogP contribution in [-0.4, -0.2) is 18.0 Å². The van der Waals surface area contributed by atoms with Crippen LogP contribution in [0.25, 0.3) is 0 Å². The van der Waals surface area contributed by atoms with Gasteiger partial charge in [-0.15, -0.1) is 0 Å². The molecule has 1 aromatic heterocycles. The van der Waals surface area contributed by atoms with Gasteiger partial charge in [-0.05, 0) is 32.0 Å². The highest BCUT2D eigenvalue weighted by atomic mass is 16.5. The molecule has 0 aliphatic rings. The number of nitrogens with one attached hydrogen (secondary N) is 2. The highest BCUT2D eigenvalue weighted by Crippen LogP contribution is 2.18. The van der Waals surface area contributed by atoms with Gasteiger partial charge in [-0.3, -0.25) is 15.6 Å². The summed E-state index contributed by atoms with van der Waals surface area (Å²) in [5, 5.41) is 9.33. The fourth-order valence-electron chi connectivity index (χ4n) is 2.12. The summed E-state index contributed by atoms with van der Waals surface area (Å²) in [5.41, 5.74) is 8.68. The minimum Gasteiger partial charge on any atom is -0.380 e. The lowest BCUT2D eigenvalue weighted by molar-refractivity contribution is 0.0962. The van der Waals surface area contributed by atoms with E-state index in [1.165, 1.54) is 0 Å². The maximum Gasteiger partial charge on any atom is 0.269 e. The molecule has 6 heteroatoms. The van der Waals surface area contributed by atoms with Gasteiger partial charge in [-0.1, -0.05) is 17.7 Å². The van der Waals surface area contributed by atoms with Crippen LogP contribution in [0.5, 0.6) is 0 Å². The van der Waals surface area contributed by atoms with Crippen LogP contribution >= 0.6 is 0 Å². The van der Waals surface area contributed by atoms with Crippen LogP contribution in [0.15, 0.2) is 30.3 Å². The number of aromatic nitrogens is 1. The third kappa shape index (κ3) is 4.05. The predicted molar refractivity (Wildman–Crippen MR) is 86.7 cm³/mol. The molecule has 0 atom stereocenters. The summed E-state index contributed by atoms with van der Waals surface area (Å²) in [5.74, 6) is 0.00509. The summed E-state index contributed by atoms with van der Waals surface area (Å²) in [6.07, 6.45) is 0. The number of benzene rings is 1. The van der Waals surface area contributed by atoms with E-state index in [0.717, 1.165) is 16.8 Å². The van der Waals surface area contributed by atoms with E-state index in [2.05, 4.69) is 21.9 Å². The summed E-state index contributed by atoms with van der Waals surface area (Å²) in [6, 6.07) is 11.1. The van der Waals surface area contributed by atoms with E-state index >= 15 is 0 Å². The Morgan fingerprint density at radius 2 is 2.00 bits per heavy atom. The van der Waals surface area contributed by atoms with Crippen molar-refractivity contribution in [2.75, 3.05) is 12.5 Å². The number of nitriles is 1. The molecule has 0 saturated carbocycles. The molecule has 1 amide bonds. The number of nitrogens with zero attached hydrogens (tertiary/aromatic N) is 2. The molecule has 2 N–H and O–H groups in total. The Morgan fingerprint density at radius 3 is 2.61 bits per heavy atom. The molecule has 0 spiro atoms. The number of hydrazine groups is 1. The molecule has 0 radical (unpaired) electrons. The summed E-state index contributed by atoms with van der Waals surface area (Å²) in [6.45, 7) is 4.06. The molecule has 2 rings (SSSR count). The number of carbonyl (C=O) groups excluding carboxylic acids is 1. The molecule has 1 aromatic carbocycles.